The van der Waals surface area contributed by atoms with Crippen LogP contribution >= 0.6 is 0 Å². The van der Waals surface area contributed by atoms with Crippen molar-refractivity contribution in [2.45, 2.75) is 0 Å². The second-order valence-electron chi connectivity index (χ2n) is 3.58. The highest BCUT2D eigenvalue weighted by atomic mass is 19.1. The fraction of sp³-hybridized carbons (Fsp3) is 0. The minimum Gasteiger partial charge on any atom is -0.478 e. The van der Waals surface area contributed by atoms with Gasteiger partial charge in [0.1, 0.15) is 17.5 Å². The third-order valence-corrected chi connectivity index (χ3v) is 2.37. The molecule has 0 bridgehead atoms. The summed E-state index contributed by atoms with van der Waals surface area (Å²) in [6.07, 6.45) is 1.11. The number of carboxylic acid groups (broad SMARTS) is 1. The number of carbonyl (C=O) groups is 1. The minimum atomic E-state index is -1.29. The Morgan fingerprint density at radius 2 is 1.94 bits per heavy atom. The Balaban J connectivity index is 2.70. The monoisotopic (exact) mass is 250 g/mol. The number of hydrogen-bond acceptors (Lipinski definition) is 3. The maximum atomic E-state index is 13.6. The number of nitrogens with zero attached hydrogens (tertiary/aromatic N) is 1. The molecule has 3 N–H and O–H groups in total. The highest BCUT2D eigenvalue weighted by Crippen LogP contribution is 2.27. The molecule has 1 heterocycles. The molecule has 1 aromatic heterocycles. The Hall–Kier alpha value is -2.50. The normalized spacial score (nSPS) is 10.3. The van der Waals surface area contributed by atoms with Crippen LogP contribution in [0.1, 0.15) is 10.4 Å². The van der Waals surface area contributed by atoms with Crippen molar-refractivity contribution >= 4 is 11.8 Å². The summed E-state index contributed by atoms with van der Waals surface area (Å²) in [6.45, 7) is 0. The van der Waals surface area contributed by atoms with Crippen LogP contribution in [0.2, 0.25) is 0 Å². The first kappa shape index (κ1) is 12.0. The van der Waals surface area contributed by atoms with Gasteiger partial charge in [-0.2, -0.15) is 0 Å². The molecule has 6 heteroatoms. The van der Waals surface area contributed by atoms with E-state index in [0.717, 1.165) is 30.5 Å². The van der Waals surface area contributed by atoms with E-state index in [-0.39, 0.29) is 22.5 Å². The van der Waals surface area contributed by atoms with E-state index in [1.807, 2.05) is 0 Å². The molecule has 4 nitrogen and oxygen atoms in total. The molecule has 0 radical (unpaired) electrons. The third kappa shape index (κ3) is 2.13. The van der Waals surface area contributed by atoms with E-state index in [1.54, 1.807) is 0 Å². The second kappa shape index (κ2) is 4.40. The fourth-order valence-electron chi connectivity index (χ4n) is 1.57. The number of benzene rings is 1. The van der Waals surface area contributed by atoms with E-state index in [2.05, 4.69) is 4.98 Å². The number of carboxylic acids is 1. The summed E-state index contributed by atoms with van der Waals surface area (Å²) in [4.78, 5) is 14.7. The smallest absolute Gasteiger partial charge is 0.336 e. The molecule has 0 aliphatic carbocycles. The van der Waals surface area contributed by atoms with Gasteiger partial charge < -0.3 is 10.8 Å². The summed E-state index contributed by atoms with van der Waals surface area (Å²) in [6, 6.07) is 3.88. The standard InChI is InChI=1S/C12H8F2N2O2/c13-6-1-2-10(14)7(3-6)9-5-16-11(15)4-8(9)12(17)18/h1-5H,(H2,15,16)(H,17,18). The Labute approximate surface area is 101 Å². The van der Waals surface area contributed by atoms with Crippen LogP contribution in [0.15, 0.2) is 30.5 Å². The molecule has 1 aromatic carbocycles. The Morgan fingerprint density at radius 3 is 2.61 bits per heavy atom. The van der Waals surface area contributed by atoms with Crippen LogP contribution in [0.3, 0.4) is 0 Å². The maximum Gasteiger partial charge on any atom is 0.336 e. The van der Waals surface area contributed by atoms with E-state index in [1.165, 1.54) is 0 Å². The molecule has 92 valence electrons. The average Bonchev–Trinajstić information content (AvgIpc) is 2.32. The van der Waals surface area contributed by atoms with Gasteiger partial charge in [-0.3, -0.25) is 0 Å². The summed E-state index contributed by atoms with van der Waals surface area (Å²) in [5.74, 6) is -2.69. The zero-order chi connectivity index (χ0) is 13.3. The van der Waals surface area contributed by atoms with Gasteiger partial charge in [0.05, 0.1) is 5.56 Å². The molecule has 0 atom stereocenters. The predicted molar refractivity (Wildman–Crippen MR) is 61.0 cm³/mol. The lowest BCUT2D eigenvalue weighted by Gasteiger charge is -2.07. The van der Waals surface area contributed by atoms with Crippen molar-refractivity contribution in [2.75, 3.05) is 5.73 Å². The number of rotatable bonds is 2. The lowest BCUT2D eigenvalue weighted by Crippen LogP contribution is -2.04. The molecule has 0 amide bonds. The second-order valence-corrected chi connectivity index (χ2v) is 3.58. The van der Waals surface area contributed by atoms with E-state index in [0.29, 0.717) is 0 Å². The summed E-state index contributed by atoms with van der Waals surface area (Å²) in [5.41, 5.74) is 4.95. The largest absolute Gasteiger partial charge is 0.478 e. The zero-order valence-corrected chi connectivity index (χ0v) is 9.02. The molecule has 18 heavy (non-hydrogen) atoms. The van der Waals surface area contributed by atoms with Crippen molar-refractivity contribution in [1.82, 2.24) is 4.98 Å². The first-order valence-electron chi connectivity index (χ1n) is 4.93. The first-order valence-corrected chi connectivity index (χ1v) is 4.93. The highest BCUT2D eigenvalue weighted by molar-refractivity contribution is 5.96. The number of hydrogen-bond donors (Lipinski definition) is 2. The SMILES string of the molecule is Nc1cc(C(=O)O)c(-c2cc(F)ccc2F)cn1. The van der Waals surface area contributed by atoms with Crippen LogP contribution in [0.25, 0.3) is 11.1 Å². The van der Waals surface area contributed by atoms with E-state index in [9.17, 15) is 13.6 Å². The Bertz CT molecular complexity index is 629. The molecule has 0 aliphatic rings. The molecular weight excluding hydrogens is 242 g/mol. The van der Waals surface area contributed by atoms with Crippen LogP contribution in [-0.4, -0.2) is 16.1 Å². The molecule has 0 spiro atoms. The quantitative estimate of drug-likeness (QED) is 0.857. The topological polar surface area (TPSA) is 76.2 Å². The number of nitrogens with two attached hydrogens (primary N) is 1. The number of halogens is 2. The Morgan fingerprint density at radius 1 is 1.22 bits per heavy atom. The fourth-order valence-corrected chi connectivity index (χ4v) is 1.57. The van der Waals surface area contributed by atoms with Gasteiger partial charge in [0.25, 0.3) is 0 Å². The number of aromatic carboxylic acids is 1. The molecular formula is C12H8F2N2O2. The molecule has 0 saturated carbocycles. The maximum absolute atomic E-state index is 13.6. The van der Waals surface area contributed by atoms with E-state index in [4.69, 9.17) is 10.8 Å². The van der Waals surface area contributed by atoms with Crippen LogP contribution in [0.4, 0.5) is 14.6 Å². The molecule has 0 fully saturated rings. The van der Waals surface area contributed by atoms with Crippen LogP contribution in [-0.2, 0) is 0 Å². The zero-order valence-electron chi connectivity index (χ0n) is 9.02. The van der Waals surface area contributed by atoms with Gasteiger partial charge in [0.2, 0.25) is 0 Å². The Kier molecular flexibility index (Phi) is 2.93. The summed E-state index contributed by atoms with van der Waals surface area (Å²) in [5, 5.41) is 9.01. The number of anilines is 1. The average molecular weight is 250 g/mol. The van der Waals surface area contributed by atoms with Crippen LogP contribution in [0.5, 0.6) is 0 Å². The third-order valence-electron chi connectivity index (χ3n) is 2.37. The lowest BCUT2D eigenvalue weighted by atomic mass is 10.0. The highest BCUT2D eigenvalue weighted by Gasteiger charge is 2.16. The molecule has 2 rings (SSSR count). The van der Waals surface area contributed by atoms with Crippen molar-refractivity contribution < 1.29 is 18.7 Å². The van der Waals surface area contributed by atoms with Crippen molar-refractivity contribution in [1.29, 1.82) is 0 Å². The lowest BCUT2D eigenvalue weighted by molar-refractivity contribution is 0.0697. The van der Waals surface area contributed by atoms with Gasteiger partial charge in [0.15, 0.2) is 0 Å². The molecule has 0 unspecified atom stereocenters. The first-order chi connectivity index (χ1) is 8.49. The van der Waals surface area contributed by atoms with Crippen molar-refractivity contribution in [2.24, 2.45) is 0 Å². The number of nitrogen functional groups attached to an aromatic ring is 1. The van der Waals surface area contributed by atoms with Gasteiger partial charge in [-0.25, -0.2) is 18.6 Å². The van der Waals surface area contributed by atoms with Gasteiger partial charge in [-0.05, 0) is 24.3 Å². The van der Waals surface area contributed by atoms with E-state index < -0.39 is 17.6 Å². The van der Waals surface area contributed by atoms with Gasteiger partial charge in [-0.1, -0.05) is 0 Å². The van der Waals surface area contributed by atoms with Crippen molar-refractivity contribution in [3.63, 3.8) is 0 Å². The molecule has 0 aliphatic heterocycles. The van der Waals surface area contributed by atoms with Crippen LogP contribution < -0.4 is 5.73 Å². The molecule has 0 saturated heterocycles. The van der Waals surface area contributed by atoms with Gasteiger partial charge >= 0.3 is 5.97 Å². The van der Waals surface area contributed by atoms with Crippen molar-refractivity contribution in [3.05, 3.63) is 47.7 Å². The van der Waals surface area contributed by atoms with E-state index >= 15 is 0 Å². The minimum absolute atomic E-state index is 0.00652. The predicted octanol–water partition coefficient (Wildman–Crippen LogP) is 2.31. The molecule has 2 aromatic rings. The number of pyridine rings is 1. The number of aromatic nitrogens is 1. The summed E-state index contributed by atoms with van der Waals surface area (Å²) in [7, 11) is 0. The summed E-state index contributed by atoms with van der Waals surface area (Å²) >= 11 is 0. The summed E-state index contributed by atoms with van der Waals surface area (Å²) < 4.78 is 26.7. The van der Waals surface area contributed by atoms with Gasteiger partial charge in [0, 0.05) is 17.3 Å². The van der Waals surface area contributed by atoms with Crippen molar-refractivity contribution in [3.8, 4) is 11.1 Å². The van der Waals surface area contributed by atoms with Crippen LogP contribution in [0, 0.1) is 11.6 Å². The van der Waals surface area contributed by atoms with Gasteiger partial charge in [-0.15, -0.1) is 0 Å².